The Hall–Kier alpha value is -2.73. The highest BCUT2D eigenvalue weighted by Crippen LogP contribution is 2.24. The second-order valence-corrected chi connectivity index (χ2v) is 15.0. The van der Waals surface area contributed by atoms with Gasteiger partial charge < -0.3 is 23.3 Å². The molecule has 0 bridgehead atoms. The van der Waals surface area contributed by atoms with Crippen molar-refractivity contribution >= 4 is 20.1 Å². The molecule has 0 saturated heterocycles. The highest BCUT2D eigenvalue weighted by molar-refractivity contribution is 6.78. The van der Waals surface area contributed by atoms with E-state index in [1.807, 2.05) is 27.7 Å². The second kappa shape index (κ2) is 9.82. The zero-order chi connectivity index (χ0) is 24.2. The van der Waals surface area contributed by atoms with E-state index in [-0.39, 0.29) is 25.5 Å². The zero-order valence-electron chi connectivity index (χ0n) is 20.0. The molecule has 0 aliphatic heterocycles. The smallest absolute Gasteiger partial charge is 0.409 e. The van der Waals surface area contributed by atoms with Gasteiger partial charge in [0.05, 0.1) is 19.9 Å². The van der Waals surface area contributed by atoms with Crippen molar-refractivity contribution in [3.05, 3.63) is 18.4 Å². The average molecular weight is 468 g/mol. The lowest BCUT2D eigenvalue weighted by molar-refractivity contribution is -0.140. The zero-order valence-corrected chi connectivity index (χ0v) is 21.0. The van der Waals surface area contributed by atoms with Crippen LogP contribution in [0.4, 0.5) is 4.79 Å². The van der Waals surface area contributed by atoms with Crippen LogP contribution in [0.3, 0.4) is 0 Å². The maximum absolute atomic E-state index is 12.4. The molecule has 2 aromatic rings. The van der Waals surface area contributed by atoms with E-state index in [0.29, 0.717) is 17.4 Å². The Labute approximate surface area is 188 Å². The Bertz CT molecular complexity index is 930. The number of esters is 1. The second-order valence-electron chi connectivity index (χ2n) is 9.54. The first-order chi connectivity index (χ1) is 14.7. The summed E-state index contributed by atoms with van der Waals surface area (Å²) in [6.45, 7) is 13.7. The summed E-state index contributed by atoms with van der Waals surface area (Å²) in [5, 5.41) is 5.92. The van der Waals surface area contributed by atoms with Crippen molar-refractivity contribution in [2.45, 2.75) is 77.9 Å². The number of ether oxygens (including phenoxy) is 3. The lowest BCUT2D eigenvalue weighted by atomic mass is 10.2. The monoisotopic (exact) mass is 467 g/mol. The first kappa shape index (κ1) is 25.5. The summed E-state index contributed by atoms with van der Waals surface area (Å²) in [7, 11) is -0.698. The molecule has 1 unspecified atom stereocenters. The number of nitrogens with zero attached hydrogens (tertiary/aromatic N) is 4. The summed E-state index contributed by atoms with van der Waals surface area (Å²) in [5.41, 5.74) is -0.110. The number of carbonyl (C=O) groups excluding carboxylic acids is 2. The lowest BCUT2D eigenvalue weighted by Gasteiger charge is -2.41. The maximum atomic E-state index is 12.4. The third-order valence-corrected chi connectivity index (χ3v) is 7.91. The highest BCUT2D eigenvalue weighted by atomic mass is 28.3. The van der Waals surface area contributed by atoms with Gasteiger partial charge in [0.2, 0.25) is 11.7 Å². The Balaban J connectivity index is 2.04. The number of imidazole rings is 1. The van der Waals surface area contributed by atoms with Gasteiger partial charge >= 0.3 is 12.1 Å². The Morgan fingerprint density at radius 2 is 1.91 bits per heavy atom. The summed E-state index contributed by atoms with van der Waals surface area (Å²) < 4.78 is 23.0. The fraction of sp³-hybridized carbons (Fsp3) is 0.650. The quantitative estimate of drug-likeness (QED) is 0.336. The molecule has 0 saturated carbocycles. The molecule has 0 fully saturated rings. The number of aromatic nitrogens is 4. The van der Waals surface area contributed by atoms with E-state index in [0.717, 1.165) is 0 Å². The van der Waals surface area contributed by atoms with Gasteiger partial charge in [-0.05, 0) is 27.7 Å². The largest absolute Gasteiger partial charge is 0.469 e. The van der Waals surface area contributed by atoms with Crippen LogP contribution in [0.1, 0.15) is 40.0 Å². The number of amides is 1. The van der Waals surface area contributed by atoms with Crippen LogP contribution in [0.15, 0.2) is 17.0 Å². The van der Waals surface area contributed by atoms with Gasteiger partial charge in [-0.1, -0.05) is 24.8 Å². The highest BCUT2D eigenvalue weighted by Gasteiger charge is 2.43. The molecule has 1 atom stereocenters. The van der Waals surface area contributed by atoms with Gasteiger partial charge in [-0.25, -0.2) is 9.78 Å². The molecular weight excluding hydrogens is 434 g/mol. The van der Waals surface area contributed by atoms with Gasteiger partial charge in [0.25, 0.3) is 0 Å². The van der Waals surface area contributed by atoms with Crippen LogP contribution < -0.4 is 5.32 Å². The molecule has 32 heavy (non-hydrogen) atoms. The summed E-state index contributed by atoms with van der Waals surface area (Å²) in [6.07, 6.45) is 3.21. The molecule has 11 nitrogen and oxygen atoms in total. The number of carbonyl (C=O) groups is 2. The number of hydrogen-bond donors (Lipinski definition) is 1. The molecule has 2 rings (SSSR count). The summed E-state index contributed by atoms with van der Waals surface area (Å²) in [6, 6.07) is 0. The Kier molecular flexibility index (Phi) is 7.83. The van der Waals surface area contributed by atoms with Gasteiger partial charge in [0.15, 0.2) is 0 Å². The van der Waals surface area contributed by atoms with Gasteiger partial charge in [-0.15, -0.1) is 0 Å². The van der Waals surface area contributed by atoms with Crippen LogP contribution in [-0.2, 0) is 32.2 Å². The van der Waals surface area contributed by atoms with Crippen LogP contribution in [0.25, 0.3) is 11.5 Å². The van der Waals surface area contributed by atoms with Gasteiger partial charge in [-0.2, -0.15) is 4.98 Å². The maximum Gasteiger partial charge on any atom is 0.409 e. The number of aryl methyl sites for hydroxylation is 1. The minimum Gasteiger partial charge on any atom is -0.469 e. The predicted molar refractivity (Wildman–Crippen MR) is 118 cm³/mol. The summed E-state index contributed by atoms with van der Waals surface area (Å²) >= 11 is 0. The molecule has 0 radical (unpaired) electrons. The molecule has 0 aliphatic carbocycles. The van der Waals surface area contributed by atoms with E-state index < -0.39 is 25.1 Å². The van der Waals surface area contributed by atoms with Crippen molar-refractivity contribution in [1.29, 1.82) is 0 Å². The Morgan fingerprint density at radius 3 is 2.50 bits per heavy atom. The Morgan fingerprint density at radius 1 is 1.22 bits per heavy atom. The average Bonchev–Trinajstić information content (AvgIpc) is 3.31. The first-order valence-electron chi connectivity index (χ1n) is 10.3. The van der Waals surface area contributed by atoms with Gasteiger partial charge in [-0.3, -0.25) is 10.1 Å². The predicted octanol–water partition coefficient (Wildman–Crippen LogP) is 3.13. The van der Waals surface area contributed by atoms with Crippen molar-refractivity contribution in [2.24, 2.45) is 0 Å². The minimum atomic E-state index is -2.02. The molecule has 0 aromatic carbocycles. The number of methoxy groups -OCH3 is 1. The molecule has 1 amide bonds. The van der Waals surface area contributed by atoms with Gasteiger partial charge in [0, 0.05) is 12.6 Å². The topological polar surface area (TPSA) is 131 Å². The van der Waals surface area contributed by atoms with Gasteiger partial charge in [0.1, 0.15) is 31.4 Å². The molecule has 12 heteroatoms. The van der Waals surface area contributed by atoms with Crippen LogP contribution in [0.2, 0.25) is 19.6 Å². The number of alkyl carbamates (subject to hydrolysis) is 1. The van der Waals surface area contributed by atoms with E-state index in [9.17, 15) is 9.59 Å². The SMILES string of the molecule is COC(=O)CCc1nc(-c2cn(COC(C)(NC(=O)OC(C)(C)C)[Si](C)(C)C)cn2)no1. The number of nitrogens with one attached hydrogen (secondary N) is 1. The third-order valence-electron chi connectivity index (χ3n) is 4.77. The minimum absolute atomic E-state index is 0.149. The normalized spacial score (nSPS) is 14.0. The molecule has 178 valence electrons. The van der Waals surface area contributed by atoms with Crippen molar-refractivity contribution in [2.75, 3.05) is 7.11 Å². The van der Waals surface area contributed by atoms with Crippen LogP contribution in [0, 0.1) is 0 Å². The van der Waals surface area contributed by atoms with Crippen molar-refractivity contribution in [3.8, 4) is 11.5 Å². The standard InChI is InChI=1S/C20H33N5O6Si/c1-19(2,3)30-18(27)23-20(4,32(6,7)8)29-13-25-11-14(21-12-25)17-22-15(31-24-17)9-10-16(26)28-5/h11-12H,9-10,13H2,1-8H3,(H,23,27). The molecule has 1 N–H and O–H groups in total. The summed E-state index contributed by atoms with van der Waals surface area (Å²) in [4.78, 5) is 32.2. The number of hydrogen-bond acceptors (Lipinski definition) is 9. The molecular formula is C20H33N5O6Si. The van der Waals surface area contributed by atoms with E-state index in [1.165, 1.54) is 7.11 Å². The fourth-order valence-corrected chi connectivity index (χ4v) is 3.43. The van der Waals surface area contributed by atoms with E-state index >= 15 is 0 Å². The van der Waals surface area contributed by atoms with Crippen LogP contribution in [0.5, 0.6) is 0 Å². The molecule has 2 aromatic heterocycles. The molecule has 0 spiro atoms. The van der Waals surface area contributed by atoms with Crippen LogP contribution in [-0.4, -0.2) is 57.9 Å². The third kappa shape index (κ3) is 7.16. The van der Waals surface area contributed by atoms with E-state index in [4.69, 9.17) is 14.0 Å². The molecule has 0 aliphatic rings. The van der Waals surface area contributed by atoms with Crippen molar-refractivity contribution in [3.63, 3.8) is 0 Å². The fourth-order valence-electron chi connectivity index (χ4n) is 2.46. The molecule has 2 heterocycles. The van der Waals surface area contributed by atoms with E-state index in [1.54, 1.807) is 17.1 Å². The summed E-state index contributed by atoms with van der Waals surface area (Å²) in [5.74, 6) is 0.282. The lowest BCUT2D eigenvalue weighted by Crippen LogP contribution is -2.63. The van der Waals surface area contributed by atoms with E-state index in [2.05, 4.69) is 44.8 Å². The number of rotatable bonds is 9. The first-order valence-corrected chi connectivity index (χ1v) is 13.8. The van der Waals surface area contributed by atoms with Crippen molar-refractivity contribution in [1.82, 2.24) is 25.0 Å². The van der Waals surface area contributed by atoms with Crippen molar-refractivity contribution < 1.29 is 28.3 Å². The van der Waals surface area contributed by atoms with Crippen LogP contribution >= 0.6 is 0 Å².